The van der Waals surface area contributed by atoms with E-state index in [0.29, 0.717) is 24.6 Å². The number of imide groups is 1. The lowest BCUT2D eigenvalue weighted by Gasteiger charge is -2.29. The molecule has 1 atom stereocenters. The van der Waals surface area contributed by atoms with Crippen molar-refractivity contribution in [2.75, 3.05) is 13.1 Å². The molecular formula is C19H24N4O3. The molecule has 3 aliphatic heterocycles. The third kappa shape index (κ3) is 3.37. The van der Waals surface area contributed by atoms with Crippen LogP contribution in [0, 0.1) is 0 Å². The van der Waals surface area contributed by atoms with Crippen molar-refractivity contribution in [1.29, 1.82) is 0 Å². The number of fused-ring (bicyclic) bond motifs is 1. The maximum atomic E-state index is 12.7. The highest BCUT2D eigenvalue weighted by atomic mass is 16.2. The molecule has 0 aromatic heterocycles. The van der Waals surface area contributed by atoms with E-state index in [1.54, 1.807) is 4.90 Å². The molecule has 3 heterocycles. The fraction of sp³-hybridized carbons (Fsp3) is 0.526. The van der Waals surface area contributed by atoms with Crippen LogP contribution in [-0.2, 0) is 22.7 Å². The number of carbonyl (C=O) groups is 3. The fourth-order valence-corrected chi connectivity index (χ4v) is 4.03. The van der Waals surface area contributed by atoms with Gasteiger partial charge in [-0.1, -0.05) is 12.1 Å². The maximum Gasteiger partial charge on any atom is 0.255 e. The molecule has 3 amide bonds. The summed E-state index contributed by atoms with van der Waals surface area (Å²) in [5.74, 6) is -0.746. The first kappa shape index (κ1) is 17.2. The lowest BCUT2D eigenvalue weighted by molar-refractivity contribution is -0.136. The van der Waals surface area contributed by atoms with Crippen molar-refractivity contribution in [3.05, 3.63) is 34.9 Å². The molecule has 1 aromatic carbocycles. The summed E-state index contributed by atoms with van der Waals surface area (Å²) in [5.41, 5.74) is 2.78. The highest BCUT2D eigenvalue weighted by Gasteiger charge is 2.39. The Balaban J connectivity index is 1.43. The minimum absolute atomic E-state index is 0.118. The van der Waals surface area contributed by atoms with Crippen LogP contribution in [0.4, 0.5) is 0 Å². The Labute approximate surface area is 152 Å². The van der Waals surface area contributed by atoms with Crippen LogP contribution < -0.4 is 16.0 Å². The number of amides is 3. The maximum absolute atomic E-state index is 12.7. The van der Waals surface area contributed by atoms with Crippen molar-refractivity contribution in [2.24, 2.45) is 0 Å². The van der Waals surface area contributed by atoms with Crippen molar-refractivity contribution in [2.45, 2.75) is 50.9 Å². The van der Waals surface area contributed by atoms with Crippen LogP contribution in [-0.4, -0.2) is 47.8 Å². The summed E-state index contributed by atoms with van der Waals surface area (Å²) in [4.78, 5) is 37.7. The van der Waals surface area contributed by atoms with Crippen LogP contribution in [0.5, 0.6) is 0 Å². The molecule has 4 rings (SSSR count). The molecule has 138 valence electrons. The van der Waals surface area contributed by atoms with Gasteiger partial charge in [-0.05, 0) is 49.5 Å². The largest absolute Gasteiger partial charge is 0.322 e. The summed E-state index contributed by atoms with van der Waals surface area (Å²) in [7, 11) is 0. The van der Waals surface area contributed by atoms with Crippen molar-refractivity contribution in [1.82, 2.24) is 20.9 Å². The van der Waals surface area contributed by atoms with Gasteiger partial charge in [-0.3, -0.25) is 19.7 Å². The molecular weight excluding hydrogens is 332 g/mol. The molecule has 7 nitrogen and oxygen atoms in total. The van der Waals surface area contributed by atoms with Crippen LogP contribution >= 0.6 is 0 Å². The van der Waals surface area contributed by atoms with E-state index in [4.69, 9.17) is 0 Å². The average Bonchev–Trinajstić information content (AvgIpc) is 2.97. The molecule has 2 fully saturated rings. The van der Waals surface area contributed by atoms with Gasteiger partial charge in [0.2, 0.25) is 11.8 Å². The van der Waals surface area contributed by atoms with Gasteiger partial charge >= 0.3 is 0 Å². The van der Waals surface area contributed by atoms with Gasteiger partial charge in [-0.25, -0.2) is 0 Å². The predicted octanol–water partition coefficient (Wildman–Crippen LogP) is 0.289. The second-order valence-corrected chi connectivity index (χ2v) is 7.30. The number of piperidine rings is 2. The quantitative estimate of drug-likeness (QED) is 0.675. The van der Waals surface area contributed by atoms with E-state index in [-0.39, 0.29) is 24.1 Å². The summed E-state index contributed by atoms with van der Waals surface area (Å²) < 4.78 is 0. The van der Waals surface area contributed by atoms with Gasteiger partial charge in [0.05, 0.1) is 0 Å². The minimum Gasteiger partial charge on any atom is -0.322 e. The molecule has 0 spiro atoms. The highest BCUT2D eigenvalue weighted by molar-refractivity contribution is 6.05. The molecule has 0 aliphatic carbocycles. The van der Waals surface area contributed by atoms with Crippen molar-refractivity contribution >= 4 is 17.7 Å². The highest BCUT2D eigenvalue weighted by Crippen LogP contribution is 2.28. The Morgan fingerprint density at radius 1 is 1.12 bits per heavy atom. The molecule has 0 radical (unpaired) electrons. The van der Waals surface area contributed by atoms with Gasteiger partial charge in [0.15, 0.2) is 0 Å². The van der Waals surface area contributed by atoms with Crippen molar-refractivity contribution in [3.63, 3.8) is 0 Å². The molecule has 3 N–H and O–H groups in total. The summed E-state index contributed by atoms with van der Waals surface area (Å²) in [6, 6.07) is 5.89. The smallest absolute Gasteiger partial charge is 0.255 e. The third-order valence-corrected chi connectivity index (χ3v) is 5.52. The number of benzene rings is 1. The Morgan fingerprint density at radius 2 is 1.92 bits per heavy atom. The van der Waals surface area contributed by atoms with E-state index in [0.717, 1.165) is 43.6 Å². The van der Waals surface area contributed by atoms with Crippen LogP contribution in [0.1, 0.15) is 47.2 Å². The SMILES string of the molecule is O=C1CCC(N2Cc3cc(CNC4CCNCC4)ccc3C2=O)C(=O)N1. The number of hydrogen-bond donors (Lipinski definition) is 3. The average molecular weight is 356 g/mol. The Morgan fingerprint density at radius 3 is 2.69 bits per heavy atom. The second kappa shape index (κ2) is 7.17. The molecule has 3 aliphatic rings. The van der Waals surface area contributed by atoms with Crippen molar-refractivity contribution in [3.8, 4) is 0 Å². The molecule has 0 bridgehead atoms. The number of nitrogens with one attached hydrogen (secondary N) is 3. The number of hydrogen-bond acceptors (Lipinski definition) is 5. The van der Waals surface area contributed by atoms with E-state index in [1.807, 2.05) is 12.1 Å². The first-order valence-electron chi connectivity index (χ1n) is 9.32. The number of rotatable bonds is 4. The Bertz CT molecular complexity index is 742. The standard InChI is InChI=1S/C19H24N4O3/c24-17-4-3-16(18(25)22-17)23-11-13-9-12(1-2-15(13)19(23)26)10-21-14-5-7-20-8-6-14/h1-2,9,14,16,20-21H,3-8,10-11H2,(H,22,24,25). The van der Waals surface area contributed by atoms with E-state index >= 15 is 0 Å². The normalized spacial score (nSPS) is 23.9. The van der Waals surface area contributed by atoms with Gasteiger partial charge in [0.25, 0.3) is 5.91 Å². The van der Waals surface area contributed by atoms with Gasteiger partial charge in [0.1, 0.15) is 6.04 Å². The van der Waals surface area contributed by atoms with Crippen LogP contribution in [0.2, 0.25) is 0 Å². The second-order valence-electron chi connectivity index (χ2n) is 7.30. The summed E-state index contributed by atoms with van der Waals surface area (Å²) in [6.07, 6.45) is 2.94. The van der Waals surface area contributed by atoms with Gasteiger partial charge in [-0.2, -0.15) is 0 Å². The summed E-state index contributed by atoms with van der Waals surface area (Å²) in [5, 5.41) is 9.28. The van der Waals surface area contributed by atoms with E-state index in [1.165, 1.54) is 0 Å². The van der Waals surface area contributed by atoms with E-state index in [9.17, 15) is 14.4 Å². The topological polar surface area (TPSA) is 90.5 Å². The van der Waals surface area contributed by atoms with Gasteiger partial charge < -0.3 is 15.5 Å². The third-order valence-electron chi connectivity index (χ3n) is 5.52. The minimum atomic E-state index is -0.552. The predicted molar refractivity (Wildman–Crippen MR) is 95.2 cm³/mol. The Hall–Kier alpha value is -2.25. The zero-order valence-electron chi connectivity index (χ0n) is 14.7. The lowest BCUT2D eigenvalue weighted by atomic mass is 10.0. The first-order chi connectivity index (χ1) is 12.6. The number of carbonyl (C=O) groups excluding carboxylic acids is 3. The van der Waals surface area contributed by atoms with Crippen LogP contribution in [0.15, 0.2) is 18.2 Å². The lowest BCUT2D eigenvalue weighted by Crippen LogP contribution is -2.52. The summed E-state index contributed by atoms with van der Waals surface area (Å²) >= 11 is 0. The molecule has 7 heteroatoms. The van der Waals surface area contributed by atoms with Crippen LogP contribution in [0.3, 0.4) is 0 Å². The zero-order chi connectivity index (χ0) is 18.1. The van der Waals surface area contributed by atoms with E-state index in [2.05, 4.69) is 22.0 Å². The fourth-order valence-electron chi connectivity index (χ4n) is 4.03. The van der Waals surface area contributed by atoms with Crippen LogP contribution in [0.25, 0.3) is 0 Å². The molecule has 1 unspecified atom stereocenters. The van der Waals surface area contributed by atoms with Gasteiger partial charge in [0, 0.05) is 31.1 Å². The first-order valence-corrected chi connectivity index (χ1v) is 9.32. The summed E-state index contributed by atoms with van der Waals surface area (Å²) in [6.45, 7) is 3.32. The zero-order valence-corrected chi connectivity index (χ0v) is 14.7. The number of nitrogens with zero attached hydrogens (tertiary/aromatic N) is 1. The van der Waals surface area contributed by atoms with Crippen molar-refractivity contribution < 1.29 is 14.4 Å². The molecule has 26 heavy (non-hydrogen) atoms. The monoisotopic (exact) mass is 356 g/mol. The molecule has 1 aromatic rings. The van der Waals surface area contributed by atoms with Gasteiger partial charge in [-0.15, -0.1) is 0 Å². The molecule has 0 saturated carbocycles. The van der Waals surface area contributed by atoms with E-state index < -0.39 is 6.04 Å². The Kier molecular flexibility index (Phi) is 4.74. The molecule has 2 saturated heterocycles.